The number of likely N-dealkylation sites (tertiary alicyclic amines) is 1. The molecular weight excluding hydrogens is 242 g/mol. The summed E-state index contributed by atoms with van der Waals surface area (Å²) >= 11 is 0. The molecule has 108 valence electrons. The highest BCUT2D eigenvalue weighted by molar-refractivity contribution is 5.76. The zero-order chi connectivity index (χ0) is 13.2. The lowest BCUT2D eigenvalue weighted by Crippen LogP contribution is -2.43. The molecule has 2 aliphatic heterocycles. The van der Waals surface area contributed by atoms with Crippen LogP contribution >= 0.6 is 0 Å². The largest absolute Gasteiger partial charge is 0.393 e. The summed E-state index contributed by atoms with van der Waals surface area (Å²) in [6.45, 7) is 4.53. The van der Waals surface area contributed by atoms with Crippen molar-refractivity contribution in [1.29, 1.82) is 0 Å². The Morgan fingerprint density at radius 3 is 2.74 bits per heavy atom. The Kier molecular flexibility index (Phi) is 3.93. The lowest BCUT2D eigenvalue weighted by molar-refractivity contribution is 0.0722. The second kappa shape index (κ2) is 5.67. The molecule has 0 aromatic heterocycles. The summed E-state index contributed by atoms with van der Waals surface area (Å²) in [5.74, 6) is 0.468. The fourth-order valence-electron chi connectivity index (χ4n) is 4.01. The van der Waals surface area contributed by atoms with Gasteiger partial charge in [0.2, 0.25) is 0 Å². The van der Waals surface area contributed by atoms with Gasteiger partial charge in [-0.2, -0.15) is 0 Å². The minimum absolute atomic E-state index is 0.0802. The number of hydrogen-bond acceptors (Lipinski definition) is 3. The third-order valence-electron chi connectivity index (χ3n) is 5.04. The third-order valence-corrected chi connectivity index (χ3v) is 5.04. The second-order valence-electron chi connectivity index (χ2n) is 6.13. The van der Waals surface area contributed by atoms with Crippen molar-refractivity contribution in [3.05, 3.63) is 0 Å². The maximum atomic E-state index is 11.5. The summed E-state index contributed by atoms with van der Waals surface area (Å²) in [5.41, 5.74) is 0. The van der Waals surface area contributed by atoms with Crippen LogP contribution in [0.3, 0.4) is 0 Å². The van der Waals surface area contributed by atoms with Gasteiger partial charge < -0.3 is 15.3 Å². The predicted octanol–water partition coefficient (Wildman–Crippen LogP) is 0.637. The third kappa shape index (κ3) is 2.72. The molecule has 3 fully saturated rings. The minimum atomic E-state index is -0.0966. The van der Waals surface area contributed by atoms with Crippen molar-refractivity contribution in [2.24, 2.45) is 5.92 Å². The molecule has 3 rings (SSSR count). The van der Waals surface area contributed by atoms with Crippen molar-refractivity contribution in [3.63, 3.8) is 0 Å². The van der Waals surface area contributed by atoms with Gasteiger partial charge in [-0.25, -0.2) is 4.79 Å². The number of aliphatic hydroxyl groups excluding tert-OH is 1. The molecule has 0 bridgehead atoms. The van der Waals surface area contributed by atoms with E-state index in [-0.39, 0.29) is 12.1 Å². The molecule has 2 saturated heterocycles. The molecule has 1 saturated carbocycles. The van der Waals surface area contributed by atoms with E-state index in [2.05, 4.69) is 10.2 Å². The van der Waals surface area contributed by atoms with Crippen LogP contribution in [0.15, 0.2) is 0 Å². The topological polar surface area (TPSA) is 55.8 Å². The number of urea groups is 1. The number of nitrogens with zero attached hydrogens (tertiary/aromatic N) is 2. The summed E-state index contributed by atoms with van der Waals surface area (Å²) in [6, 6.07) is 0.625. The first-order valence-electron chi connectivity index (χ1n) is 7.70. The molecule has 3 aliphatic rings. The van der Waals surface area contributed by atoms with Gasteiger partial charge in [0.15, 0.2) is 0 Å². The molecule has 2 amide bonds. The lowest BCUT2D eigenvalue weighted by Gasteiger charge is -2.32. The van der Waals surface area contributed by atoms with Crippen LogP contribution in [-0.4, -0.2) is 65.8 Å². The average molecular weight is 267 g/mol. The van der Waals surface area contributed by atoms with Crippen molar-refractivity contribution < 1.29 is 9.90 Å². The first-order chi connectivity index (χ1) is 9.25. The Balaban J connectivity index is 1.53. The summed E-state index contributed by atoms with van der Waals surface area (Å²) in [6.07, 6.45) is 5.68. The van der Waals surface area contributed by atoms with Crippen LogP contribution in [0, 0.1) is 5.92 Å². The molecule has 3 unspecified atom stereocenters. The van der Waals surface area contributed by atoms with Gasteiger partial charge in [0.05, 0.1) is 6.10 Å². The number of hydrogen-bond donors (Lipinski definition) is 2. The minimum Gasteiger partial charge on any atom is -0.393 e. The fraction of sp³-hybridized carbons (Fsp3) is 0.929. The number of amides is 2. The smallest absolute Gasteiger partial charge is 0.317 e. The van der Waals surface area contributed by atoms with Gasteiger partial charge >= 0.3 is 6.03 Å². The molecule has 3 atom stereocenters. The normalized spacial score (nSPS) is 36.2. The van der Waals surface area contributed by atoms with Gasteiger partial charge in [0.1, 0.15) is 0 Å². The van der Waals surface area contributed by atoms with E-state index in [1.807, 2.05) is 4.90 Å². The number of nitrogens with one attached hydrogen (secondary N) is 1. The zero-order valence-corrected chi connectivity index (χ0v) is 11.6. The van der Waals surface area contributed by atoms with Crippen molar-refractivity contribution in [1.82, 2.24) is 15.1 Å². The standard InChI is InChI=1S/C14H25N3O2/c18-13-5-1-3-11(13)12-4-2-7-16(12)9-10-17-8-6-15-14(17)19/h11-13,18H,1-10H2,(H,15,19). The SMILES string of the molecule is O=C1NCCN1CCN1CCCC1C1CCCC1O. The summed E-state index contributed by atoms with van der Waals surface area (Å²) in [5, 5.41) is 12.9. The lowest BCUT2D eigenvalue weighted by atomic mass is 9.94. The van der Waals surface area contributed by atoms with E-state index in [4.69, 9.17) is 0 Å². The second-order valence-corrected chi connectivity index (χ2v) is 6.13. The maximum absolute atomic E-state index is 11.5. The molecule has 2 heterocycles. The number of carbonyl (C=O) groups excluding carboxylic acids is 1. The molecule has 19 heavy (non-hydrogen) atoms. The van der Waals surface area contributed by atoms with Gasteiger partial charge in [-0.15, -0.1) is 0 Å². The Morgan fingerprint density at radius 1 is 1.16 bits per heavy atom. The molecule has 0 aromatic carbocycles. The van der Waals surface area contributed by atoms with Crippen molar-refractivity contribution in [2.45, 2.75) is 44.2 Å². The highest BCUT2D eigenvalue weighted by atomic mass is 16.3. The first-order valence-corrected chi connectivity index (χ1v) is 7.70. The van der Waals surface area contributed by atoms with Crippen LogP contribution in [0.2, 0.25) is 0 Å². The van der Waals surface area contributed by atoms with Crippen LogP contribution in [0.4, 0.5) is 4.79 Å². The van der Waals surface area contributed by atoms with E-state index in [1.54, 1.807) is 0 Å². The van der Waals surface area contributed by atoms with Crippen LogP contribution in [0.5, 0.6) is 0 Å². The molecule has 0 spiro atoms. The highest BCUT2D eigenvalue weighted by Crippen LogP contribution is 2.35. The molecule has 2 N–H and O–H groups in total. The van der Waals surface area contributed by atoms with E-state index in [0.29, 0.717) is 12.0 Å². The van der Waals surface area contributed by atoms with Crippen molar-refractivity contribution >= 4 is 6.03 Å². The maximum Gasteiger partial charge on any atom is 0.317 e. The first kappa shape index (κ1) is 13.2. The molecule has 5 nitrogen and oxygen atoms in total. The van der Waals surface area contributed by atoms with Crippen molar-refractivity contribution in [2.75, 3.05) is 32.7 Å². The van der Waals surface area contributed by atoms with E-state index in [1.165, 1.54) is 25.7 Å². The molecular formula is C14H25N3O2. The number of aliphatic hydroxyl groups is 1. The highest BCUT2D eigenvalue weighted by Gasteiger charge is 2.38. The molecule has 0 aromatic rings. The Labute approximate surface area is 114 Å². The van der Waals surface area contributed by atoms with E-state index >= 15 is 0 Å². The molecule has 1 aliphatic carbocycles. The van der Waals surface area contributed by atoms with Crippen LogP contribution in [-0.2, 0) is 0 Å². The quantitative estimate of drug-likeness (QED) is 0.786. The van der Waals surface area contributed by atoms with Crippen molar-refractivity contribution in [3.8, 4) is 0 Å². The van der Waals surface area contributed by atoms with E-state index < -0.39 is 0 Å². The van der Waals surface area contributed by atoms with Crippen LogP contribution < -0.4 is 5.32 Å². The number of carbonyl (C=O) groups is 1. The van der Waals surface area contributed by atoms with Gasteiger partial charge in [-0.1, -0.05) is 6.42 Å². The average Bonchev–Trinajstić information content (AvgIpc) is 3.08. The fourth-order valence-corrected chi connectivity index (χ4v) is 4.01. The predicted molar refractivity (Wildman–Crippen MR) is 72.9 cm³/mol. The van der Waals surface area contributed by atoms with E-state index in [9.17, 15) is 9.90 Å². The van der Waals surface area contributed by atoms with E-state index in [0.717, 1.165) is 39.1 Å². The Bertz CT molecular complexity index is 337. The molecule has 0 radical (unpaired) electrons. The van der Waals surface area contributed by atoms with Crippen LogP contribution in [0.25, 0.3) is 0 Å². The summed E-state index contributed by atoms with van der Waals surface area (Å²) in [7, 11) is 0. The zero-order valence-electron chi connectivity index (χ0n) is 11.6. The summed E-state index contributed by atoms with van der Waals surface area (Å²) < 4.78 is 0. The van der Waals surface area contributed by atoms with Crippen LogP contribution in [0.1, 0.15) is 32.1 Å². The van der Waals surface area contributed by atoms with Gasteiger partial charge in [-0.3, -0.25) is 4.90 Å². The van der Waals surface area contributed by atoms with Gasteiger partial charge in [-0.05, 0) is 32.2 Å². The number of rotatable bonds is 4. The Hall–Kier alpha value is -0.810. The van der Waals surface area contributed by atoms with Gasteiger partial charge in [0, 0.05) is 38.1 Å². The van der Waals surface area contributed by atoms with Gasteiger partial charge in [0.25, 0.3) is 0 Å². The molecule has 5 heteroatoms. The monoisotopic (exact) mass is 267 g/mol. The Morgan fingerprint density at radius 2 is 2.05 bits per heavy atom. The summed E-state index contributed by atoms with van der Waals surface area (Å²) in [4.78, 5) is 15.9.